The fraction of sp³-hybridized carbons (Fsp3) is 0.441. The molecule has 1 saturated carbocycles. The van der Waals surface area contributed by atoms with E-state index in [0.717, 1.165) is 24.0 Å². The number of amides is 1. The van der Waals surface area contributed by atoms with Crippen LogP contribution in [0.1, 0.15) is 86.2 Å². The molecular formula is C34H38Cl2N2O5S. The predicted molar refractivity (Wildman–Crippen MR) is 173 cm³/mol. The van der Waals surface area contributed by atoms with Gasteiger partial charge in [0.2, 0.25) is 5.91 Å². The lowest BCUT2D eigenvalue weighted by Gasteiger charge is -2.52. The van der Waals surface area contributed by atoms with Crippen LogP contribution < -0.4 is 0 Å². The molecule has 3 aromatic rings. The summed E-state index contributed by atoms with van der Waals surface area (Å²) in [4.78, 5) is 32.9. The van der Waals surface area contributed by atoms with Gasteiger partial charge in [0.15, 0.2) is 9.84 Å². The monoisotopic (exact) mass is 656 g/mol. The molecule has 0 spiro atoms. The number of hydrogen-bond donors (Lipinski definition) is 1. The number of likely N-dealkylation sites (tertiary alicyclic amines) is 1. The van der Waals surface area contributed by atoms with Gasteiger partial charge in [0.05, 0.1) is 22.0 Å². The van der Waals surface area contributed by atoms with Crippen molar-refractivity contribution in [1.29, 1.82) is 0 Å². The Hall–Kier alpha value is -2.94. The minimum Gasteiger partial charge on any atom is -0.477 e. The number of aromatic carboxylic acids is 1. The third-order valence-electron chi connectivity index (χ3n) is 9.03. The maximum absolute atomic E-state index is 15.0. The molecule has 1 aliphatic heterocycles. The summed E-state index contributed by atoms with van der Waals surface area (Å²) in [5.74, 6) is -1.67. The van der Waals surface area contributed by atoms with Crippen molar-refractivity contribution in [2.45, 2.75) is 76.1 Å². The summed E-state index contributed by atoms with van der Waals surface area (Å²) in [7, 11) is -3.60. The van der Waals surface area contributed by atoms with Crippen LogP contribution >= 0.6 is 23.2 Å². The molecule has 1 amide bonds. The Kier molecular flexibility index (Phi) is 8.93. The number of carboxylic acids is 1. The van der Waals surface area contributed by atoms with E-state index in [-0.39, 0.29) is 35.6 Å². The van der Waals surface area contributed by atoms with Gasteiger partial charge in [-0.15, -0.1) is 0 Å². The second-order valence-corrected chi connectivity index (χ2v) is 17.1. The third kappa shape index (κ3) is 6.68. The number of pyridine rings is 1. The van der Waals surface area contributed by atoms with Gasteiger partial charge in [0, 0.05) is 34.1 Å². The van der Waals surface area contributed by atoms with Crippen molar-refractivity contribution < 1.29 is 23.1 Å². The Labute approximate surface area is 269 Å². The van der Waals surface area contributed by atoms with Crippen LogP contribution in [0.25, 0.3) is 0 Å². The lowest BCUT2D eigenvalue weighted by Crippen LogP contribution is -2.59. The molecular weight excluding hydrogens is 619 g/mol. The molecule has 5 rings (SSSR count). The summed E-state index contributed by atoms with van der Waals surface area (Å²) in [5, 5.41) is 10.7. The van der Waals surface area contributed by atoms with E-state index in [1.54, 1.807) is 51.1 Å². The van der Waals surface area contributed by atoms with E-state index >= 15 is 4.79 Å². The number of carbonyl (C=O) groups excluding carboxylic acids is 1. The molecule has 1 aromatic heterocycles. The summed E-state index contributed by atoms with van der Waals surface area (Å²) >= 11 is 12.8. The van der Waals surface area contributed by atoms with E-state index in [4.69, 9.17) is 23.2 Å². The molecule has 234 valence electrons. The van der Waals surface area contributed by atoms with Gasteiger partial charge >= 0.3 is 5.97 Å². The number of rotatable bonds is 9. The molecule has 1 aliphatic carbocycles. The van der Waals surface area contributed by atoms with Crippen LogP contribution in [-0.2, 0) is 21.1 Å². The van der Waals surface area contributed by atoms with Gasteiger partial charge in [-0.25, -0.2) is 18.2 Å². The van der Waals surface area contributed by atoms with E-state index in [0.29, 0.717) is 22.2 Å². The summed E-state index contributed by atoms with van der Waals surface area (Å²) in [6.07, 6.45) is 2.28. The number of carbonyl (C=O) groups is 2. The second-order valence-electron chi connectivity index (χ2n) is 13.4. The quantitative estimate of drug-likeness (QED) is 0.258. The summed E-state index contributed by atoms with van der Waals surface area (Å²) in [6.45, 7) is 6.97. The first-order valence-electron chi connectivity index (χ1n) is 14.8. The van der Waals surface area contributed by atoms with E-state index in [9.17, 15) is 18.3 Å². The minimum absolute atomic E-state index is 0.0432. The number of carboxylic acid groups (broad SMARTS) is 1. The Morgan fingerprint density at radius 2 is 1.68 bits per heavy atom. The first-order chi connectivity index (χ1) is 20.6. The zero-order valence-corrected chi connectivity index (χ0v) is 27.7. The highest BCUT2D eigenvalue weighted by atomic mass is 35.5. The molecule has 7 nitrogen and oxygen atoms in total. The van der Waals surface area contributed by atoms with Gasteiger partial charge < -0.3 is 10.0 Å². The average Bonchev–Trinajstić information content (AvgIpc) is 3.79. The van der Waals surface area contributed by atoms with Crippen LogP contribution in [0.15, 0.2) is 66.7 Å². The standard InChI is InChI=1S/C34H38Cl2N2O5S/c1-33(2,3)44(42,43)20-29(21-11-12-21)38-30(22-13-15-24(35)16-14-22)27(23-7-5-8-25(36)17-23)19-34(4,32(38)41)18-26-9-6-10-28(37-26)31(39)40/h5-10,13-17,21,27,29-30H,11-12,18-20H2,1-4H3,(H,39,40)/t27-,29-,30-,34+/m1/s1. The van der Waals surface area contributed by atoms with E-state index < -0.39 is 38.1 Å². The number of hydrogen-bond acceptors (Lipinski definition) is 5. The van der Waals surface area contributed by atoms with Crippen molar-refractivity contribution in [2.24, 2.45) is 11.3 Å². The molecule has 0 bridgehead atoms. The fourth-order valence-electron chi connectivity index (χ4n) is 6.41. The first-order valence-corrected chi connectivity index (χ1v) is 17.3. The molecule has 1 saturated heterocycles. The largest absolute Gasteiger partial charge is 0.477 e. The van der Waals surface area contributed by atoms with Crippen molar-refractivity contribution in [3.8, 4) is 0 Å². The van der Waals surface area contributed by atoms with Gasteiger partial charge in [0.1, 0.15) is 5.69 Å². The molecule has 10 heteroatoms. The second kappa shape index (κ2) is 12.1. The Bertz CT molecular complexity index is 1670. The highest BCUT2D eigenvalue weighted by Gasteiger charge is 2.55. The summed E-state index contributed by atoms with van der Waals surface area (Å²) < 4.78 is 26.5. The van der Waals surface area contributed by atoms with E-state index in [2.05, 4.69) is 4.98 Å². The number of benzene rings is 2. The lowest BCUT2D eigenvalue weighted by atomic mass is 9.66. The van der Waals surface area contributed by atoms with Crippen molar-refractivity contribution in [3.63, 3.8) is 0 Å². The van der Waals surface area contributed by atoms with Crippen LogP contribution in [-0.4, -0.2) is 51.8 Å². The molecule has 2 heterocycles. The van der Waals surface area contributed by atoms with E-state index in [1.165, 1.54) is 6.07 Å². The number of halogens is 2. The SMILES string of the molecule is CC(C)(C)S(=O)(=O)C[C@H](C1CC1)N1C(=O)[C@@](C)(Cc2cccc(C(=O)O)n2)C[C@H](c2cccc(Cl)c2)[C@H]1c1ccc(Cl)cc1. The Balaban J connectivity index is 1.70. The van der Waals surface area contributed by atoms with Crippen LogP contribution in [0.3, 0.4) is 0 Å². The van der Waals surface area contributed by atoms with Crippen LogP contribution in [0, 0.1) is 11.3 Å². The van der Waals surface area contributed by atoms with Crippen LogP contribution in [0.2, 0.25) is 10.0 Å². The first kappa shape index (κ1) is 32.5. The topological polar surface area (TPSA) is 105 Å². The molecule has 2 aromatic carbocycles. The zero-order valence-electron chi connectivity index (χ0n) is 25.3. The molecule has 1 N–H and O–H groups in total. The van der Waals surface area contributed by atoms with Gasteiger partial charge in [-0.05, 0) is 93.5 Å². The van der Waals surface area contributed by atoms with Gasteiger partial charge in [-0.2, -0.15) is 0 Å². The normalized spacial score (nSPS) is 23.4. The lowest BCUT2D eigenvalue weighted by molar-refractivity contribution is -0.154. The maximum Gasteiger partial charge on any atom is 0.354 e. The number of nitrogens with zero attached hydrogens (tertiary/aromatic N) is 2. The zero-order chi connectivity index (χ0) is 32.0. The van der Waals surface area contributed by atoms with Crippen molar-refractivity contribution in [1.82, 2.24) is 9.88 Å². The van der Waals surface area contributed by atoms with Crippen LogP contribution in [0.5, 0.6) is 0 Å². The van der Waals surface area contributed by atoms with Crippen molar-refractivity contribution in [2.75, 3.05) is 5.75 Å². The summed E-state index contributed by atoms with van der Waals surface area (Å²) in [6, 6.07) is 18.8. The Morgan fingerprint density at radius 3 is 2.27 bits per heavy atom. The molecule has 0 radical (unpaired) electrons. The summed E-state index contributed by atoms with van der Waals surface area (Å²) in [5.41, 5.74) is 1.17. The van der Waals surface area contributed by atoms with E-state index in [1.807, 2.05) is 42.2 Å². The fourth-order valence-corrected chi connectivity index (χ4v) is 8.11. The van der Waals surface area contributed by atoms with Crippen LogP contribution in [0.4, 0.5) is 0 Å². The minimum atomic E-state index is -3.60. The molecule has 44 heavy (non-hydrogen) atoms. The van der Waals surface area contributed by atoms with Gasteiger partial charge in [-0.1, -0.05) is 60.5 Å². The van der Waals surface area contributed by atoms with Crippen molar-refractivity contribution >= 4 is 44.9 Å². The number of piperidine rings is 1. The number of aromatic nitrogens is 1. The third-order valence-corrected chi connectivity index (χ3v) is 12.2. The average molecular weight is 658 g/mol. The van der Waals surface area contributed by atoms with Crippen molar-refractivity contribution in [3.05, 3.63) is 99.3 Å². The van der Waals surface area contributed by atoms with Gasteiger partial charge in [-0.3, -0.25) is 4.79 Å². The molecule has 2 fully saturated rings. The molecule has 4 atom stereocenters. The highest BCUT2D eigenvalue weighted by molar-refractivity contribution is 7.92. The highest BCUT2D eigenvalue weighted by Crippen LogP contribution is 2.54. The number of sulfone groups is 1. The predicted octanol–water partition coefficient (Wildman–Crippen LogP) is 7.38. The smallest absolute Gasteiger partial charge is 0.354 e. The maximum atomic E-state index is 15.0. The molecule has 0 unspecified atom stereocenters. The Morgan fingerprint density at radius 1 is 1.02 bits per heavy atom. The molecule has 2 aliphatic rings. The van der Waals surface area contributed by atoms with Gasteiger partial charge in [0.25, 0.3) is 0 Å².